The highest BCUT2D eigenvalue weighted by Crippen LogP contribution is 2.35. The van der Waals surface area contributed by atoms with Gasteiger partial charge < -0.3 is 5.73 Å². The number of piperidine rings is 1. The quantitative estimate of drug-likeness (QED) is 0.572. The Morgan fingerprint density at radius 1 is 1.50 bits per heavy atom. The van der Waals surface area contributed by atoms with Crippen molar-refractivity contribution in [1.29, 1.82) is 0 Å². The fraction of sp³-hybridized carbons (Fsp3) is 1.00. The number of fused-ring (bicyclic) bond motifs is 2. The van der Waals surface area contributed by atoms with Crippen molar-refractivity contribution >= 4 is 0 Å². The highest BCUT2D eigenvalue weighted by Gasteiger charge is 2.43. The first-order chi connectivity index (χ1) is 4.83. The maximum atomic E-state index is 6.01. The number of nitrogens with zero attached hydrogens (tertiary/aromatic N) is 1. The highest BCUT2D eigenvalue weighted by atomic mass is 15.2. The van der Waals surface area contributed by atoms with E-state index in [0.717, 1.165) is 12.0 Å². The molecule has 1 saturated heterocycles. The zero-order valence-electron chi connectivity index (χ0n) is 6.59. The molecule has 1 aliphatic carbocycles. The highest BCUT2D eigenvalue weighted by molar-refractivity contribution is 5.01. The van der Waals surface area contributed by atoms with Gasteiger partial charge in [0.1, 0.15) is 0 Å². The van der Waals surface area contributed by atoms with Gasteiger partial charge in [0.2, 0.25) is 0 Å². The molecule has 0 spiro atoms. The molecule has 1 saturated carbocycles. The first-order valence-electron chi connectivity index (χ1n) is 4.32. The molecule has 0 amide bonds. The van der Waals surface area contributed by atoms with E-state index < -0.39 is 0 Å². The molecule has 2 rings (SSSR count). The third-order valence-electron chi connectivity index (χ3n) is 3.17. The van der Waals surface area contributed by atoms with Crippen molar-refractivity contribution in [3.8, 4) is 0 Å². The molecule has 0 unspecified atom stereocenters. The van der Waals surface area contributed by atoms with Gasteiger partial charge in [-0.05, 0) is 25.3 Å². The van der Waals surface area contributed by atoms with Gasteiger partial charge in [-0.3, -0.25) is 4.90 Å². The lowest BCUT2D eigenvalue weighted by molar-refractivity contribution is 0.222. The Bertz CT molecular complexity index is 135. The Balaban J connectivity index is 2.08. The van der Waals surface area contributed by atoms with Crippen LogP contribution in [-0.4, -0.2) is 30.1 Å². The molecule has 2 bridgehead atoms. The molecule has 0 aromatic heterocycles. The minimum absolute atomic E-state index is 0.500. The van der Waals surface area contributed by atoms with Crippen molar-refractivity contribution in [1.82, 2.24) is 4.90 Å². The molecule has 2 fully saturated rings. The van der Waals surface area contributed by atoms with Gasteiger partial charge in [-0.15, -0.1) is 0 Å². The van der Waals surface area contributed by atoms with E-state index in [1.54, 1.807) is 0 Å². The summed E-state index contributed by atoms with van der Waals surface area (Å²) in [5.41, 5.74) is 6.01. The van der Waals surface area contributed by atoms with Crippen LogP contribution in [0.1, 0.15) is 19.8 Å². The fourth-order valence-corrected chi connectivity index (χ4v) is 2.52. The van der Waals surface area contributed by atoms with Crippen LogP contribution in [-0.2, 0) is 0 Å². The van der Waals surface area contributed by atoms with E-state index in [9.17, 15) is 0 Å². The second-order valence-electron chi connectivity index (χ2n) is 3.57. The van der Waals surface area contributed by atoms with Crippen LogP contribution in [0.5, 0.6) is 0 Å². The van der Waals surface area contributed by atoms with Crippen molar-refractivity contribution in [2.75, 3.05) is 13.1 Å². The molecule has 0 aromatic carbocycles. The minimum atomic E-state index is 0.500. The molecule has 2 N–H and O–H groups in total. The largest absolute Gasteiger partial charge is 0.326 e. The molecular formula is C8H16N2. The Kier molecular flexibility index (Phi) is 1.46. The lowest BCUT2D eigenvalue weighted by Gasteiger charge is -2.24. The molecule has 1 aliphatic heterocycles. The third kappa shape index (κ3) is 0.722. The summed E-state index contributed by atoms with van der Waals surface area (Å²) in [6.45, 7) is 4.69. The van der Waals surface area contributed by atoms with Crippen molar-refractivity contribution in [3.63, 3.8) is 0 Å². The smallest absolute Gasteiger partial charge is 0.0250 e. The maximum Gasteiger partial charge on any atom is 0.0250 e. The lowest BCUT2D eigenvalue weighted by Crippen LogP contribution is -2.37. The van der Waals surface area contributed by atoms with Crippen LogP contribution in [0.15, 0.2) is 0 Å². The van der Waals surface area contributed by atoms with E-state index in [2.05, 4.69) is 11.8 Å². The molecule has 3 atom stereocenters. The SMILES string of the molecule is CCN1C[C@H]2CC[C@@H]1[C@@H]2N. The topological polar surface area (TPSA) is 29.3 Å². The molecule has 0 radical (unpaired) electrons. The van der Waals surface area contributed by atoms with Crippen LogP contribution in [0, 0.1) is 5.92 Å². The van der Waals surface area contributed by atoms with Crippen LogP contribution < -0.4 is 5.73 Å². The van der Waals surface area contributed by atoms with Gasteiger partial charge in [0, 0.05) is 18.6 Å². The number of hydrogen-bond acceptors (Lipinski definition) is 2. The summed E-state index contributed by atoms with van der Waals surface area (Å²) >= 11 is 0. The Labute approximate surface area is 62.4 Å². The van der Waals surface area contributed by atoms with E-state index >= 15 is 0 Å². The molecule has 1 heterocycles. The maximum absolute atomic E-state index is 6.01. The fourth-order valence-electron chi connectivity index (χ4n) is 2.52. The molecule has 2 aliphatic rings. The first kappa shape index (κ1) is 6.62. The second-order valence-corrected chi connectivity index (χ2v) is 3.57. The number of nitrogens with two attached hydrogens (primary N) is 1. The Morgan fingerprint density at radius 2 is 2.30 bits per heavy atom. The molecule has 58 valence electrons. The van der Waals surface area contributed by atoms with E-state index in [1.165, 1.54) is 25.9 Å². The lowest BCUT2D eigenvalue weighted by atomic mass is 10.1. The van der Waals surface area contributed by atoms with Gasteiger partial charge in [0.15, 0.2) is 0 Å². The summed E-state index contributed by atoms with van der Waals surface area (Å²) in [7, 11) is 0. The molecule has 2 heteroatoms. The zero-order chi connectivity index (χ0) is 7.14. The van der Waals surface area contributed by atoms with Gasteiger partial charge in [0.05, 0.1) is 0 Å². The van der Waals surface area contributed by atoms with Gasteiger partial charge in [-0.2, -0.15) is 0 Å². The van der Waals surface area contributed by atoms with Crippen LogP contribution in [0.3, 0.4) is 0 Å². The second kappa shape index (κ2) is 2.21. The van der Waals surface area contributed by atoms with E-state index in [-0.39, 0.29) is 0 Å². The molecule has 10 heavy (non-hydrogen) atoms. The van der Waals surface area contributed by atoms with Gasteiger partial charge >= 0.3 is 0 Å². The average Bonchev–Trinajstić information content (AvgIpc) is 2.46. The van der Waals surface area contributed by atoms with Crippen LogP contribution in [0.25, 0.3) is 0 Å². The number of rotatable bonds is 1. The average molecular weight is 140 g/mol. The summed E-state index contributed by atoms with van der Waals surface area (Å²) in [4.78, 5) is 2.53. The summed E-state index contributed by atoms with van der Waals surface area (Å²) in [5.74, 6) is 0.824. The zero-order valence-corrected chi connectivity index (χ0v) is 6.59. The van der Waals surface area contributed by atoms with Gasteiger partial charge in [-0.1, -0.05) is 6.92 Å². The molecule has 0 aromatic rings. The third-order valence-corrected chi connectivity index (χ3v) is 3.17. The number of likely N-dealkylation sites (N-methyl/N-ethyl adjacent to an activating group) is 1. The van der Waals surface area contributed by atoms with E-state index in [0.29, 0.717) is 6.04 Å². The van der Waals surface area contributed by atoms with Crippen molar-refractivity contribution in [2.24, 2.45) is 11.7 Å². The van der Waals surface area contributed by atoms with E-state index in [1.807, 2.05) is 0 Å². The van der Waals surface area contributed by atoms with Crippen molar-refractivity contribution in [3.05, 3.63) is 0 Å². The van der Waals surface area contributed by atoms with Crippen molar-refractivity contribution < 1.29 is 0 Å². The Hall–Kier alpha value is -0.0800. The standard InChI is InChI=1S/C8H16N2/c1-2-10-5-6-3-4-7(10)8(6)9/h6-8H,2-5,9H2,1H3/t6-,7-,8-/m1/s1. The van der Waals surface area contributed by atoms with Crippen LogP contribution >= 0.6 is 0 Å². The molecular weight excluding hydrogens is 124 g/mol. The summed E-state index contributed by atoms with van der Waals surface area (Å²) in [6, 6.07) is 1.23. The summed E-state index contributed by atoms with van der Waals surface area (Å²) in [6.07, 6.45) is 2.72. The monoisotopic (exact) mass is 140 g/mol. The summed E-state index contributed by atoms with van der Waals surface area (Å²) < 4.78 is 0. The first-order valence-corrected chi connectivity index (χ1v) is 4.32. The minimum Gasteiger partial charge on any atom is -0.326 e. The molecule has 2 nitrogen and oxygen atoms in total. The normalized spacial score (nSPS) is 46.8. The Morgan fingerprint density at radius 3 is 2.60 bits per heavy atom. The predicted octanol–water partition coefficient (Wildman–Crippen LogP) is 0.428. The van der Waals surface area contributed by atoms with Crippen LogP contribution in [0.4, 0.5) is 0 Å². The predicted molar refractivity (Wildman–Crippen MR) is 41.7 cm³/mol. The number of likely N-dealkylation sites (tertiary alicyclic amines) is 1. The van der Waals surface area contributed by atoms with E-state index in [4.69, 9.17) is 5.73 Å². The van der Waals surface area contributed by atoms with Crippen molar-refractivity contribution in [2.45, 2.75) is 31.8 Å². The number of hydrogen-bond donors (Lipinski definition) is 1. The van der Waals surface area contributed by atoms with Gasteiger partial charge in [-0.25, -0.2) is 0 Å². The summed E-state index contributed by atoms with van der Waals surface area (Å²) in [5, 5.41) is 0. The van der Waals surface area contributed by atoms with Gasteiger partial charge in [0.25, 0.3) is 0 Å². The van der Waals surface area contributed by atoms with Crippen LogP contribution in [0.2, 0.25) is 0 Å².